The summed E-state index contributed by atoms with van der Waals surface area (Å²) in [6, 6.07) is 107. The van der Waals surface area contributed by atoms with Gasteiger partial charge in [-0.05, 0) is 301 Å². The second-order valence-electron chi connectivity index (χ2n) is 32.9. The Kier molecular flexibility index (Phi) is 11.0. The van der Waals surface area contributed by atoms with Crippen molar-refractivity contribution in [1.82, 2.24) is 9.13 Å². The van der Waals surface area contributed by atoms with Crippen LogP contribution >= 0.6 is 0 Å². The van der Waals surface area contributed by atoms with Gasteiger partial charge in [0.25, 0.3) is 0 Å². The maximum absolute atomic E-state index is 2.68. The quantitative estimate of drug-likeness (QED) is 0.151. The van der Waals surface area contributed by atoms with Gasteiger partial charge >= 0.3 is 0 Å². The zero-order valence-corrected chi connectivity index (χ0v) is 56.6. The van der Waals surface area contributed by atoms with Crippen LogP contribution < -0.4 is 0 Å². The SMILES string of the molecule is CC1(Cc2cccc3c2c2ccc(-c4ccc5c(c4)C4(c6ccccc6-5)C5CC6CC(C5)CC4C6)cc2n3-c2cccc(-c3ccc4ccccc4c3)c2)c2ccccc2-c2cc(-n3c4ccccc4c4cc(-c5ccc6c(c5)C5(c7ccccc7-6)C6CC7CC(C6)C5C7)ccc43)ccc21. The summed E-state index contributed by atoms with van der Waals surface area (Å²) in [5.74, 6) is 6.55. The van der Waals surface area contributed by atoms with Crippen LogP contribution in [0.1, 0.15) is 104 Å². The minimum atomic E-state index is -0.317. The molecule has 8 saturated carbocycles. The summed E-state index contributed by atoms with van der Waals surface area (Å²) in [7, 11) is 0. The Morgan fingerprint density at radius 3 is 1.62 bits per heavy atom. The minimum Gasteiger partial charge on any atom is -0.309 e. The van der Waals surface area contributed by atoms with Gasteiger partial charge in [0.1, 0.15) is 0 Å². The standard InChI is InChI=1S/C98H76N2/c1-96(84-23-8-4-21-77(84)82-55-74(34-38-85(82)96)99-91-26-11-7-22-80(91)83-51-64(33-39-92(83)99)65-30-36-79-76-20-6-10-25-87(76)98(90(79)53-65)72-46-59-41-69(49-72)88(98)47-59)56-68-17-13-27-93-95(68)81-37-32-67(54-94(81)100(93)73-18-12-16-62(50-73)63-29-28-60-14-2-3-15-61(60)48-63)66-31-35-78-75-19-5-9-24-86(75)97(89(78)52-66)70-42-57-40-58(44-70)45-71(97)43-57/h2-39,48,50-55,57-59,69-72,88H,40-47,49,56H2,1H3. The largest absolute Gasteiger partial charge is 0.309 e. The summed E-state index contributed by atoms with van der Waals surface area (Å²) in [5, 5.41) is 7.77. The number of rotatable bonds is 7. The first-order chi connectivity index (χ1) is 49.3. The molecule has 2 heteroatoms. The summed E-state index contributed by atoms with van der Waals surface area (Å²) in [5.41, 5.74) is 34.3. The molecule has 26 rings (SSSR count). The zero-order valence-electron chi connectivity index (χ0n) is 56.6. The van der Waals surface area contributed by atoms with Crippen molar-refractivity contribution in [1.29, 1.82) is 0 Å². The lowest BCUT2D eigenvalue weighted by atomic mass is 9.43. The van der Waals surface area contributed by atoms with Crippen molar-refractivity contribution in [2.45, 2.75) is 87.4 Å². The van der Waals surface area contributed by atoms with Gasteiger partial charge in [0, 0.05) is 49.2 Å². The van der Waals surface area contributed by atoms with E-state index in [1.807, 2.05) is 0 Å². The lowest BCUT2D eigenvalue weighted by molar-refractivity contribution is -0.0399. The molecule has 0 aliphatic heterocycles. The van der Waals surface area contributed by atoms with Crippen LogP contribution in [-0.2, 0) is 22.7 Å². The van der Waals surface area contributed by atoms with Gasteiger partial charge in [-0.25, -0.2) is 0 Å². The van der Waals surface area contributed by atoms with Gasteiger partial charge < -0.3 is 9.13 Å². The predicted molar refractivity (Wildman–Crippen MR) is 413 cm³/mol. The topological polar surface area (TPSA) is 9.86 Å². The van der Waals surface area contributed by atoms with Crippen molar-refractivity contribution >= 4 is 54.4 Å². The number of nitrogens with zero attached hydrogens (tertiary/aromatic N) is 2. The van der Waals surface area contributed by atoms with Crippen LogP contribution in [0.15, 0.2) is 273 Å². The first-order valence-electron chi connectivity index (χ1n) is 37.8. The first kappa shape index (κ1) is 55.6. The average Bonchev–Trinajstić information content (AvgIpc) is 1.47. The fourth-order valence-corrected chi connectivity index (χ4v) is 25.1. The van der Waals surface area contributed by atoms with E-state index in [2.05, 4.69) is 289 Å². The van der Waals surface area contributed by atoms with E-state index in [0.29, 0.717) is 11.8 Å². The van der Waals surface area contributed by atoms with Crippen molar-refractivity contribution in [2.24, 2.45) is 47.3 Å². The summed E-state index contributed by atoms with van der Waals surface area (Å²) < 4.78 is 5.15. The first-order valence-corrected chi connectivity index (χ1v) is 37.8. The van der Waals surface area contributed by atoms with Crippen LogP contribution in [0, 0.1) is 47.3 Å². The molecule has 100 heavy (non-hydrogen) atoms. The van der Waals surface area contributed by atoms with E-state index >= 15 is 0 Å². The van der Waals surface area contributed by atoms with Crippen LogP contribution in [0.5, 0.6) is 0 Å². The predicted octanol–water partition coefficient (Wildman–Crippen LogP) is 24.6. The summed E-state index contributed by atoms with van der Waals surface area (Å²) in [4.78, 5) is 0. The highest BCUT2D eigenvalue weighted by molar-refractivity contribution is 6.13. The fourth-order valence-electron chi connectivity index (χ4n) is 25.1. The Labute approximate surface area is 584 Å². The minimum absolute atomic E-state index is 0.105. The average molecular weight is 1280 g/mol. The molecule has 2 nitrogen and oxygen atoms in total. The van der Waals surface area contributed by atoms with Crippen LogP contribution in [0.3, 0.4) is 0 Å². The van der Waals surface area contributed by atoms with Crippen molar-refractivity contribution < 1.29 is 0 Å². The molecular formula is C98H76N2. The van der Waals surface area contributed by atoms with Crippen LogP contribution in [0.2, 0.25) is 0 Å². The molecule has 8 fully saturated rings. The number of benzene rings is 13. The maximum atomic E-state index is 2.68. The van der Waals surface area contributed by atoms with Gasteiger partial charge in [-0.3, -0.25) is 0 Å². The number of hydrogen-bond donors (Lipinski definition) is 0. The molecule has 13 aromatic carbocycles. The molecule has 2 heterocycles. The number of aromatic nitrogens is 2. The smallest absolute Gasteiger partial charge is 0.0547 e. The Bertz CT molecular complexity index is 6090. The highest BCUT2D eigenvalue weighted by atomic mass is 15.0. The maximum Gasteiger partial charge on any atom is 0.0547 e. The molecule has 2 aromatic heterocycles. The van der Waals surface area contributed by atoms with Crippen molar-refractivity contribution in [3.63, 3.8) is 0 Å². The van der Waals surface area contributed by atoms with Gasteiger partial charge in [0.2, 0.25) is 0 Å². The van der Waals surface area contributed by atoms with Crippen molar-refractivity contribution in [3.8, 4) is 78.1 Å². The highest BCUT2D eigenvalue weighted by Gasteiger charge is 2.66. The van der Waals surface area contributed by atoms with E-state index in [1.165, 1.54) is 207 Å². The molecule has 11 aliphatic rings. The molecule has 15 aromatic rings. The molecule has 0 N–H and O–H groups in total. The van der Waals surface area contributed by atoms with E-state index in [0.717, 1.165) is 41.9 Å². The van der Waals surface area contributed by atoms with Crippen LogP contribution in [0.4, 0.5) is 0 Å². The number of para-hydroxylation sites is 1. The third kappa shape index (κ3) is 7.15. The van der Waals surface area contributed by atoms with Crippen molar-refractivity contribution in [3.05, 3.63) is 312 Å². The molecule has 6 atom stereocenters. The second-order valence-corrected chi connectivity index (χ2v) is 32.9. The third-order valence-electron chi connectivity index (χ3n) is 28.5. The molecule has 6 unspecified atom stereocenters. The van der Waals surface area contributed by atoms with Crippen molar-refractivity contribution in [2.75, 3.05) is 0 Å². The van der Waals surface area contributed by atoms with E-state index < -0.39 is 0 Å². The summed E-state index contributed by atoms with van der Waals surface area (Å²) in [6.07, 6.45) is 13.5. The molecule has 0 amide bonds. The zero-order chi connectivity index (χ0) is 65.1. The second kappa shape index (κ2) is 19.8. The molecular weight excluding hydrogens is 1210 g/mol. The highest BCUT2D eigenvalue weighted by Crippen LogP contribution is 2.74. The van der Waals surface area contributed by atoms with Gasteiger partial charge in [-0.1, -0.05) is 207 Å². The van der Waals surface area contributed by atoms with Gasteiger partial charge in [0.15, 0.2) is 0 Å². The summed E-state index contributed by atoms with van der Waals surface area (Å²) in [6.45, 7) is 2.53. The Morgan fingerprint density at radius 1 is 0.300 bits per heavy atom. The molecule has 0 radical (unpaired) electrons. The van der Waals surface area contributed by atoms with Gasteiger partial charge in [-0.2, -0.15) is 0 Å². The number of hydrogen-bond acceptors (Lipinski definition) is 0. The molecule has 8 bridgehead atoms. The molecule has 2 spiro atoms. The van der Waals surface area contributed by atoms with Gasteiger partial charge in [-0.15, -0.1) is 0 Å². The van der Waals surface area contributed by atoms with E-state index in [9.17, 15) is 0 Å². The fraction of sp³-hybridized carbons (Fsp3) is 0.224. The lowest BCUT2D eigenvalue weighted by Gasteiger charge is -2.61. The molecule has 0 saturated heterocycles. The monoisotopic (exact) mass is 1280 g/mol. The van der Waals surface area contributed by atoms with E-state index in [1.54, 1.807) is 22.3 Å². The molecule has 478 valence electrons. The van der Waals surface area contributed by atoms with Gasteiger partial charge in [0.05, 0.1) is 22.1 Å². The molecule has 11 aliphatic carbocycles. The third-order valence-corrected chi connectivity index (χ3v) is 28.5. The Hall–Kier alpha value is -10.3. The Balaban J connectivity index is 0.635. The number of fused-ring (bicyclic) bond motifs is 16. The normalized spacial score (nSPS) is 26.2. The summed E-state index contributed by atoms with van der Waals surface area (Å²) >= 11 is 0. The van der Waals surface area contributed by atoms with Crippen LogP contribution in [-0.4, -0.2) is 9.13 Å². The van der Waals surface area contributed by atoms with E-state index in [-0.39, 0.29) is 16.2 Å². The van der Waals surface area contributed by atoms with Crippen LogP contribution in [0.25, 0.3) is 133 Å². The Morgan fingerprint density at radius 2 is 0.840 bits per heavy atom. The lowest BCUT2D eigenvalue weighted by Crippen LogP contribution is -2.55. The van der Waals surface area contributed by atoms with E-state index in [4.69, 9.17) is 0 Å².